The van der Waals surface area contributed by atoms with Crippen molar-refractivity contribution in [3.63, 3.8) is 0 Å². The van der Waals surface area contributed by atoms with Crippen molar-refractivity contribution < 1.29 is 24.2 Å². The lowest BCUT2D eigenvalue weighted by Crippen LogP contribution is -2.43. The first-order valence-corrected chi connectivity index (χ1v) is 12.7. The summed E-state index contributed by atoms with van der Waals surface area (Å²) >= 11 is 0. The summed E-state index contributed by atoms with van der Waals surface area (Å²) in [7, 11) is 0. The second kappa shape index (κ2) is 12.6. The van der Waals surface area contributed by atoms with Crippen molar-refractivity contribution in [2.45, 2.75) is 57.8 Å². The van der Waals surface area contributed by atoms with E-state index in [-0.39, 0.29) is 25.0 Å². The van der Waals surface area contributed by atoms with Gasteiger partial charge in [-0.25, -0.2) is 0 Å². The zero-order chi connectivity index (χ0) is 26.1. The van der Waals surface area contributed by atoms with Gasteiger partial charge in [0.15, 0.2) is 12.0 Å². The summed E-state index contributed by atoms with van der Waals surface area (Å²) in [6.45, 7) is 2.64. The van der Waals surface area contributed by atoms with Crippen molar-refractivity contribution in [2.75, 3.05) is 13.2 Å². The molecule has 3 N–H and O–H groups in total. The maximum atomic E-state index is 12.8. The van der Waals surface area contributed by atoms with E-state index in [1.807, 2.05) is 42.5 Å². The molecule has 1 saturated heterocycles. The number of H-pyrrole nitrogens is 1. The molecule has 37 heavy (non-hydrogen) atoms. The molecule has 1 fully saturated rings. The van der Waals surface area contributed by atoms with Crippen LogP contribution in [0.25, 0.3) is 11.1 Å². The average molecular weight is 507 g/mol. The number of aromatic nitrogens is 3. The quantitative estimate of drug-likeness (QED) is 0.336. The summed E-state index contributed by atoms with van der Waals surface area (Å²) in [5.74, 6) is -1.33. The molecular formula is C28H34N4O5. The minimum Gasteiger partial charge on any atom is -0.481 e. The number of carboxylic acid groups (broad SMARTS) is 1. The van der Waals surface area contributed by atoms with Crippen LogP contribution in [0.5, 0.6) is 0 Å². The van der Waals surface area contributed by atoms with Crippen LogP contribution in [0.1, 0.15) is 55.1 Å². The molecule has 0 saturated carbocycles. The number of aromatic amines is 1. The van der Waals surface area contributed by atoms with Gasteiger partial charge in [0.2, 0.25) is 0 Å². The fraction of sp³-hybridized carbons (Fsp3) is 0.429. The molecule has 4 rings (SSSR count). The first-order chi connectivity index (χ1) is 17.9. The number of carbonyl (C=O) groups is 2. The summed E-state index contributed by atoms with van der Waals surface area (Å²) < 4.78 is 11.4. The van der Waals surface area contributed by atoms with Crippen LogP contribution >= 0.6 is 0 Å². The lowest BCUT2D eigenvalue weighted by Gasteiger charge is -2.31. The first-order valence-electron chi connectivity index (χ1n) is 12.7. The van der Waals surface area contributed by atoms with Crippen LogP contribution in [0.4, 0.5) is 0 Å². The highest BCUT2D eigenvalue weighted by molar-refractivity contribution is 5.92. The van der Waals surface area contributed by atoms with Crippen LogP contribution in [0.2, 0.25) is 0 Å². The van der Waals surface area contributed by atoms with Gasteiger partial charge < -0.3 is 19.9 Å². The summed E-state index contributed by atoms with van der Waals surface area (Å²) in [6.07, 6.45) is 5.00. The first kappa shape index (κ1) is 26.5. The van der Waals surface area contributed by atoms with E-state index in [1.54, 1.807) is 6.92 Å². The lowest BCUT2D eigenvalue weighted by atomic mass is 9.79. The molecule has 0 bridgehead atoms. The van der Waals surface area contributed by atoms with Crippen LogP contribution in [0.15, 0.2) is 60.8 Å². The molecule has 3 atom stereocenters. The van der Waals surface area contributed by atoms with Crippen LogP contribution < -0.4 is 5.32 Å². The van der Waals surface area contributed by atoms with Crippen LogP contribution in [-0.2, 0) is 20.7 Å². The Hall–Kier alpha value is -3.56. The average Bonchev–Trinajstić information content (AvgIpc) is 3.46. The van der Waals surface area contributed by atoms with Crippen LogP contribution in [0, 0.1) is 5.41 Å². The molecule has 1 aromatic heterocycles. The van der Waals surface area contributed by atoms with Crippen molar-refractivity contribution >= 4 is 11.9 Å². The van der Waals surface area contributed by atoms with Gasteiger partial charge in [-0.2, -0.15) is 0 Å². The summed E-state index contributed by atoms with van der Waals surface area (Å²) in [6, 6.07) is 17.7. The molecule has 0 spiro atoms. The molecule has 196 valence electrons. The number of rotatable bonds is 12. The van der Waals surface area contributed by atoms with Gasteiger partial charge in [-0.1, -0.05) is 59.8 Å². The van der Waals surface area contributed by atoms with Gasteiger partial charge in [0.25, 0.3) is 5.91 Å². The van der Waals surface area contributed by atoms with Crippen molar-refractivity contribution in [1.29, 1.82) is 0 Å². The fourth-order valence-electron chi connectivity index (χ4n) is 4.59. The van der Waals surface area contributed by atoms with Crippen molar-refractivity contribution in [2.24, 2.45) is 5.41 Å². The molecule has 1 aliphatic rings. The second-order valence-electron chi connectivity index (χ2n) is 9.78. The number of benzene rings is 2. The van der Waals surface area contributed by atoms with Gasteiger partial charge >= 0.3 is 5.97 Å². The van der Waals surface area contributed by atoms with Gasteiger partial charge in [-0.15, -0.1) is 5.10 Å². The van der Waals surface area contributed by atoms with Crippen molar-refractivity contribution in [1.82, 2.24) is 20.7 Å². The van der Waals surface area contributed by atoms with E-state index in [0.29, 0.717) is 19.4 Å². The SMILES string of the molecule is C[C@@](CCOC1CCCCO1)(C[C@@H](Cc1ccc(-c2ccccc2)cc1)NC(=O)c1c[nH]nn1)C(=O)O. The number of amides is 1. The molecule has 0 aliphatic carbocycles. The smallest absolute Gasteiger partial charge is 0.309 e. The highest BCUT2D eigenvalue weighted by Crippen LogP contribution is 2.30. The predicted octanol–water partition coefficient (Wildman–Crippen LogP) is 4.23. The molecule has 0 radical (unpaired) electrons. The second-order valence-corrected chi connectivity index (χ2v) is 9.78. The Labute approximate surface area is 216 Å². The Morgan fingerprint density at radius 3 is 2.57 bits per heavy atom. The largest absolute Gasteiger partial charge is 0.481 e. The van der Waals surface area contributed by atoms with Crippen molar-refractivity contribution in [3.8, 4) is 11.1 Å². The van der Waals surface area contributed by atoms with E-state index in [2.05, 4.69) is 32.9 Å². The monoisotopic (exact) mass is 506 g/mol. The molecule has 9 nitrogen and oxygen atoms in total. The summed E-state index contributed by atoms with van der Waals surface area (Å²) in [5, 5.41) is 23.0. The minimum atomic E-state index is -1.11. The van der Waals surface area contributed by atoms with E-state index in [1.165, 1.54) is 6.20 Å². The zero-order valence-electron chi connectivity index (χ0n) is 21.1. The Morgan fingerprint density at radius 2 is 1.92 bits per heavy atom. The maximum Gasteiger partial charge on any atom is 0.309 e. The van der Waals surface area contributed by atoms with Gasteiger partial charge in [0.05, 0.1) is 18.2 Å². The predicted molar refractivity (Wildman–Crippen MR) is 138 cm³/mol. The number of nitrogens with zero attached hydrogens (tertiary/aromatic N) is 2. The van der Waals surface area contributed by atoms with E-state index in [4.69, 9.17) is 9.47 Å². The van der Waals surface area contributed by atoms with Crippen LogP contribution in [0.3, 0.4) is 0 Å². The van der Waals surface area contributed by atoms with Gasteiger partial charge in [-0.05, 0) is 62.1 Å². The number of hydrogen-bond donors (Lipinski definition) is 3. The number of aliphatic carboxylic acids is 1. The Morgan fingerprint density at radius 1 is 1.16 bits per heavy atom. The van der Waals surface area contributed by atoms with Gasteiger partial charge in [-0.3, -0.25) is 14.7 Å². The number of hydrogen-bond acceptors (Lipinski definition) is 6. The number of carboxylic acids is 1. The number of carbonyl (C=O) groups excluding carboxylic acids is 1. The minimum absolute atomic E-state index is 0.152. The molecule has 2 aromatic carbocycles. The molecule has 3 aromatic rings. The van der Waals surface area contributed by atoms with Gasteiger partial charge in [0, 0.05) is 12.6 Å². The number of ether oxygens (including phenoxy) is 2. The molecule has 1 unspecified atom stereocenters. The highest BCUT2D eigenvalue weighted by atomic mass is 16.7. The molecule has 9 heteroatoms. The van der Waals surface area contributed by atoms with E-state index in [9.17, 15) is 14.7 Å². The third-order valence-electron chi connectivity index (χ3n) is 6.84. The summed E-state index contributed by atoms with van der Waals surface area (Å²) in [4.78, 5) is 25.2. The van der Waals surface area contributed by atoms with Crippen molar-refractivity contribution in [3.05, 3.63) is 72.1 Å². The molecule has 1 aliphatic heterocycles. The third-order valence-corrected chi connectivity index (χ3v) is 6.84. The zero-order valence-corrected chi connectivity index (χ0v) is 21.1. The standard InChI is InChI=1S/C28H34N4O5/c1-28(27(34)35,14-16-37-25-9-5-6-15-36-25)18-23(30-26(33)24-19-29-32-31-24)17-20-10-12-22(13-11-20)21-7-3-2-4-8-21/h2-4,7-8,10-13,19,23,25H,5-6,9,14-18H2,1H3,(H,30,33)(H,34,35)(H,29,31,32)/t23-,25?,28-/m1/s1. The topological polar surface area (TPSA) is 126 Å². The number of nitrogens with one attached hydrogen (secondary N) is 2. The Balaban J connectivity index is 1.46. The maximum absolute atomic E-state index is 12.8. The van der Waals surface area contributed by atoms with Crippen LogP contribution in [-0.4, -0.2) is 57.9 Å². The summed E-state index contributed by atoms with van der Waals surface area (Å²) in [5.41, 5.74) is 2.24. The van der Waals surface area contributed by atoms with Gasteiger partial charge in [0.1, 0.15) is 0 Å². The van der Waals surface area contributed by atoms with E-state index >= 15 is 0 Å². The normalized spacial score (nSPS) is 18.0. The fourth-order valence-corrected chi connectivity index (χ4v) is 4.59. The molecule has 2 heterocycles. The Kier molecular flexibility index (Phi) is 9.03. The molecular weight excluding hydrogens is 472 g/mol. The molecule has 1 amide bonds. The Bertz CT molecular complexity index is 1130. The van der Waals surface area contributed by atoms with E-state index < -0.39 is 23.3 Å². The highest BCUT2D eigenvalue weighted by Gasteiger charge is 2.37. The third kappa shape index (κ3) is 7.47. The van der Waals surface area contributed by atoms with E-state index in [0.717, 1.165) is 36.0 Å². The lowest BCUT2D eigenvalue weighted by molar-refractivity contribution is -0.171.